The van der Waals surface area contributed by atoms with Crippen LogP contribution in [0.1, 0.15) is 0 Å². The Balaban J connectivity index is 4.41. The van der Waals surface area contributed by atoms with Crippen LogP contribution in [0, 0.1) is 0 Å². The van der Waals surface area contributed by atoms with Gasteiger partial charge in [-0.1, -0.05) is 23.2 Å². The van der Waals surface area contributed by atoms with Crippen molar-refractivity contribution < 1.29 is 9.59 Å². The number of nitrogens with zero attached hydrogens (tertiary/aromatic N) is 1. The summed E-state index contributed by atoms with van der Waals surface area (Å²) < 4.78 is 0. The van der Waals surface area contributed by atoms with E-state index in [9.17, 15) is 9.59 Å². The molecule has 0 bridgehead atoms. The third-order valence-corrected chi connectivity index (χ3v) is 1.83. The second-order valence-corrected chi connectivity index (χ2v) is 3.66. The Labute approximate surface area is 91.7 Å². The molecule has 0 rings (SSSR count). The number of carbonyl (C=O) groups is 2. The molecule has 0 atom stereocenters. The van der Waals surface area contributed by atoms with Crippen LogP contribution in [-0.2, 0) is 9.59 Å². The van der Waals surface area contributed by atoms with Crippen LogP contribution in [0.25, 0.3) is 0 Å². The summed E-state index contributed by atoms with van der Waals surface area (Å²) in [5.41, 5.74) is 5.09. The second-order valence-electron chi connectivity index (χ2n) is 2.11. The zero-order chi connectivity index (χ0) is 10.4. The van der Waals surface area contributed by atoms with Crippen molar-refractivity contribution in [2.75, 3.05) is 18.8 Å². The average molecular weight is 245 g/mol. The van der Waals surface area contributed by atoms with Crippen LogP contribution in [0.3, 0.4) is 0 Å². The monoisotopic (exact) mass is 244 g/mol. The minimum absolute atomic E-state index is 0.161. The molecule has 76 valence electrons. The standard InChI is InChI=1S/C6H10Cl2N2O2S/c7-5(8)6(12)10(1-2-13)4(11)3-9/h5,13H,1-3,9H2. The van der Waals surface area contributed by atoms with Gasteiger partial charge in [-0.05, 0) is 0 Å². The molecule has 0 aromatic carbocycles. The zero-order valence-corrected chi connectivity index (χ0v) is 9.15. The Bertz CT molecular complexity index is 201. The van der Waals surface area contributed by atoms with E-state index in [0.717, 1.165) is 4.90 Å². The Hall–Kier alpha value is 0.0300. The van der Waals surface area contributed by atoms with Crippen molar-refractivity contribution >= 4 is 47.6 Å². The fourth-order valence-corrected chi connectivity index (χ4v) is 1.12. The molecule has 0 aliphatic heterocycles. The number of hydrogen-bond acceptors (Lipinski definition) is 4. The van der Waals surface area contributed by atoms with Crippen molar-refractivity contribution in [1.82, 2.24) is 4.90 Å². The molecule has 2 N–H and O–H groups in total. The minimum atomic E-state index is -1.24. The first kappa shape index (κ1) is 13.0. The number of hydrogen-bond donors (Lipinski definition) is 2. The molecule has 7 heteroatoms. The van der Waals surface area contributed by atoms with Gasteiger partial charge in [-0.15, -0.1) is 0 Å². The van der Waals surface area contributed by atoms with Crippen molar-refractivity contribution in [3.63, 3.8) is 0 Å². The molecule has 0 aromatic heterocycles. The van der Waals surface area contributed by atoms with E-state index in [0.29, 0.717) is 5.75 Å². The summed E-state index contributed by atoms with van der Waals surface area (Å²) in [5.74, 6) is -0.823. The fraction of sp³-hybridized carbons (Fsp3) is 0.667. The van der Waals surface area contributed by atoms with Gasteiger partial charge in [0.1, 0.15) is 0 Å². The van der Waals surface area contributed by atoms with E-state index in [1.165, 1.54) is 0 Å². The van der Waals surface area contributed by atoms with Gasteiger partial charge < -0.3 is 5.73 Å². The van der Waals surface area contributed by atoms with E-state index in [1.807, 2.05) is 0 Å². The molecule has 13 heavy (non-hydrogen) atoms. The largest absolute Gasteiger partial charge is 0.322 e. The van der Waals surface area contributed by atoms with Gasteiger partial charge in [0.2, 0.25) is 5.91 Å². The first-order valence-corrected chi connectivity index (χ1v) is 4.98. The Morgan fingerprint density at radius 2 is 2.00 bits per heavy atom. The van der Waals surface area contributed by atoms with Crippen molar-refractivity contribution in [1.29, 1.82) is 0 Å². The average Bonchev–Trinajstić information content (AvgIpc) is 2.11. The quantitative estimate of drug-likeness (QED) is 0.542. The lowest BCUT2D eigenvalue weighted by Crippen LogP contribution is -2.44. The second kappa shape index (κ2) is 6.48. The van der Waals surface area contributed by atoms with Crippen molar-refractivity contribution in [3.05, 3.63) is 0 Å². The highest BCUT2D eigenvalue weighted by Gasteiger charge is 2.24. The number of halogens is 2. The minimum Gasteiger partial charge on any atom is -0.322 e. The zero-order valence-electron chi connectivity index (χ0n) is 6.74. The summed E-state index contributed by atoms with van der Waals surface area (Å²) >= 11 is 14.5. The van der Waals surface area contributed by atoms with Gasteiger partial charge in [0.15, 0.2) is 4.84 Å². The van der Waals surface area contributed by atoms with Crippen LogP contribution in [0.4, 0.5) is 0 Å². The molecule has 0 heterocycles. The lowest BCUT2D eigenvalue weighted by molar-refractivity contribution is -0.142. The van der Waals surface area contributed by atoms with Gasteiger partial charge in [0.05, 0.1) is 6.54 Å². The maximum absolute atomic E-state index is 11.2. The molecule has 0 aromatic rings. The summed E-state index contributed by atoms with van der Waals surface area (Å²) in [4.78, 5) is 21.9. The van der Waals surface area contributed by atoms with Crippen LogP contribution in [-0.4, -0.2) is 40.4 Å². The highest BCUT2D eigenvalue weighted by Crippen LogP contribution is 2.07. The molecule has 0 aliphatic rings. The molecule has 0 saturated carbocycles. The smallest absolute Gasteiger partial charge is 0.262 e. The fourth-order valence-electron chi connectivity index (χ4n) is 0.686. The number of amides is 2. The van der Waals surface area contributed by atoms with Gasteiger partial charge in [-0.3, -0.25) is 14.5 Å². The van der Waals surface area contributed by atoms with Crippen molar-refractivity contribution in [2.45, 2.75) is 4.84 Å². The lowest BCUT2D eigenvalue weighted by atomic mass is 10.4. The topological polar surface area (TPSA) is 63.4 Å². The number of alkyl halides is 2. The maximum Gasteiger partial charge on any atom is 0.262 e. The Kier molecular flexibility index (Phi) is 6.49. The molecule has 0 fully saturated rings. The molecular weight excluding hydrogens is 235 g/mol. The number of rotatable bonds is 4. The Morgan fingerprint density at radius 3 is 2.31 bits per heavy atom. The summed E-state index contributed by atoms with van der Waals surface area (Å²) in [6, 6.07) is 0. The summed E-state index contributed by atoms with van der Waals surface area (Å²) in [7, 11) is 0. The number of imide groups is 1. The molecular formula is C6H10Cl2N2O2S. The molecule has 0 aliphatic carbocycles. The Morgan fingerprint density at radius 1 is 1.46 bits per heavy atom. The molecule has 0 radical (unpaired) electrons. The normalized spacial score (nSPS) is 10.2. The van der Waals surface area contributed by atoms with Gasteiger partial charge >= 0.3 is 0 Å². The summed E-state index contributed by atoms with van der Waals surface area (Å²) in [6.07, 6.45) is 0. The van der Waals surface area contributed by atoms with Gasteiger partial charge in [-0.2, -0.15) is 12.6 Å². The lowest BCUT2D eigenvalue weighted by Gasteiger charge is -2.19. The molecule has 0 saturated heterocycles. The van der Waals surface area contributed by atoms with E-state index in [-0.39, 0.29) is 13.1 Å². The van der Waals surface area contributed by atoms with Crippen LogP contribution in [0.15, 0.2) is 0 Å². The predicted molar refractivity (Wildman–Crippen MR) is 55.1 cm³/mol. The number of carbonyl (C=O) groups excluding carboxylic acids is 2. The third kappa shape index (κ3) is 4.17. The van der Waals surface area contributed by atoms with E-state index in [2.05, 4.69) is 12.6 Å². The van der Waals surface area contributed by atoms with E-state index in [1.54, 1.807) is 0 Å². The molecule has 2 amide bonds. The highest BCUT2D eigenvalue weighted by atomic mass is 35.5. The van der Waals surface area contributed by atoms with Gasteiger partial charge in [-0.25, -0.2) is 0 Å². The first-order valence-electron chi connectivity index (χ1n) is 3.47. The first-order chi connectivity index (χ1) is 6.04. The third-order valence-electron chi connectivity index (χ3n) is 1.25. The SMILES string of the molecule is NCC(=O)N(CCS)C(=O)C(Cl)Cl. The summed E-state index contributed by atoms with van der Waals surface area (Å²) in [6.45, 7) is -0.0894. The van der Waals surface area contributed by atoms with E-state index >= 15 is 0 Å². The van der Waals surface area contributed by atoms with Crippen LogP contribution in [0.5, 0.6) is 0 Å². The summed E-state index contributed by atoms with van der Waals surface area (Å²) in [5, 5.41) is 0. The van der Waals surface area contributed by atoms with Gasteiger partial charge in [0.25, 0.3) is 5.91 Å². The maximum atomic E-state index is 11.2. The van der Waals surface area contributed by atoms with Crippen LogP contribution >= 0.6 is 35.8 Å². The van der Waals surface area contributed by atoms with E-state index < -0.39 is 16.7 Å². The van der Waals surface area contributed by atoms with Crippen LogP contribution in [0.2, 0.25) is 0 Å². The highest BCUT2D eigenvalue weighted by molar-refractivity contribution is 7.80. The predicted octanol–water partition coefficient (Wildman–Crippen LogP) is 0.0338. The molecule has 0 spiro atoms. The van der Waals surface area contributed by atoms with Crippen molar-refractivity contribution in [3.8, 4) is 0 Å². The number of thiol groups is 1. The molecule has 4 nitrogen and oxygen atoms in total. The van der Waals surface area contributed by atoms with E-state index in [4.69, 9.17) is 28.9 Å². The number of nitrogens with two attached hydrogens (primary N) is 1. The van der Waals surface area contributed by atoms with Gasteiger partial charge in [0, 0.05) is 12.3 Å². The van der Waals surface area contributed by atoms with Crippen molar-refractivity contribution in [2.24, 2.45) is 5.73 Å². The van der Waals surface area contributed by atoms with Crippen LogP contribution < -0.4 is 5.73 Å². The molecule has 0 unspecified atom stereocenters.